The maximum absolute atomic E-state index is 13.3. The molecule has 3 heterocycles. The standard InChI is InChI=1S/C19H29N5O/c1-2-9-22-10-12-23(13-11-22)17(25)16-14-24(15-19(16)5-3-6-19)18-20-7-4-8-21-18/h4,7-8,16H,2-3,5-6,9-15H2,1H3. The maximum atomic E-state index is 13.3. The molecule has 0 bridgehead atoms. The lowest BCUT2D eigenvalue weighted by molar-refractivity contribution is -0.142. The van der Waals surface area contributed by atoms with Gasteiger partial charge in [-0.25, -0.2) is 9.97 Å². The molecule has 1 spiro atoms. The van der Waals surface area contributed by atoms with Gasteiger partial charge < -0.3 is 9.80 Å². The van der Waals surface area contributed by atoms with Gasteiger partial charge in [0.25, 0.3) is 0 Å². The molecule has 1 aromatic rings. The first kappa shape index (κ1) is 16.8. The van der Waals surface area contributed by atoms with Crippen molar-refractivity contribution >= 4 is 11.9 Å². The number of hydrogen-bond donors (Lipinski definition) is 0. The summed E-state index contributed by atoms with van der Waals surface area (Å²) < 4.78 is 0. The third-order valence-corrected chi connectivity index (χ3v) is 6.35. The number of anilines is 1. The normalized spacial score (nSPS) is 26.0. The van der Waals surface area contributed by atoms with Gasteiger partial charge in [-0.1, -0.05) is 13.3 Å². The summed E-state index contributed by atoms with van der Waals surface area (Å²) in [6.45, 7) is 8.88. The topological polar surface area (TPSA) is 52.6 Å². The Bertz CT molecular complexity index is 595. The van der Waals surface area contributed by atoms with Crippen LogP contribution in [-0.2, 0) is 4.79 Å². The van der Waals surface area contributed by atoms with Crippen molar-refractivity contribution in [2.75, 3.05) is 50.7 Å². The van der Waals surface area contributed by atoms with E-state index in [1.807, 2.05) is 6.07 Å². The molecule has 1 saturated carbocycles. The molecule has 6 heteroatoms. The summed E-state index contributed by atoms with van der Waals surface area (Å²) in [5.74, 6) is 1.26. The number of amides is 1. The average Bonchev–Trinajstić information content (AvgIpc) is 3.04. The van der Waals surface area contributed by atoms with Gasteiger partial charge in [0.2, 0.25) is 11.9 Å². The maximum Gasteiger partial charge on any atom is 0.228 e. The average molecular weight is 343 g/mol. The van der Waals surface area contributed by atoms with E-state index in [1.165, 1.54) is 25.7 Å². The summed E-state index contributed by atoms with van der Waals surface area (Å²) in [4.78, 5) is 28.9. The minimum Gasteiger partial charge on any atom is -0.340 e. The monoisotopic (exact) mass is 343 g/mol. The van der Waals surface area contributed by atoms with Crippen molar-refractivity contribution in [3.8, 4) is 0 Å². The highest BCUT2D eigenvalue weighted by atomic mass is 16.2. The molecule has 136 valence electrons. The molecule has 3 aliphatic rings. The Hall–Kier alpha value is -1.69. The molecule has 4 rings (SSSR count). The first-order valence-electron chi connectivity index (χ1n) is 9.75. The van der Waals surface area contributed by atoms with E-state index in [1.54, 1.807) is 12.4 Å². The van der Waals surface area contributed by atoms with Crippen LogP contribution in [0.15, 0.2) is 18.5 Å². The number of aromatic nitrogens is 2. The molecule has 0 N–H and O–H groups in total. The van der Waals surface area contributed by atoms with Crippen LogP contribution in [0.2, 0.25) is 0 Å². The summed E-state index contributed by atoms with van der Waals surface area (Å²) in [6.07, 6.45) is 8.35. The van der Waals surface area contributed by atoms with E-state index >= 15 is 0 Å². The van der Waals surface area contributed by atoms with Crippen molar-refractivity contribution in [1.82, 2.24) is 19.8 Å². The molecule has 1 aliphatic carbocycles. The van der Waals surface area contributed by atoms with Crippen LogP contribution in [0.1, 0.15) is 32.6 Å². The van der Waals surface area contributed by atoms with Crippen LogP contribution < -0.4 is 4.90 Å². The van der Waals surface area contributed by atoms with Crippen molar-refractivity contribution in [3.05, 3.63) is 18.5 Å². The van der Waals surface area contributed by atoms with Gasteiger partial charge in [-0.3, -0.25) is 9.69 Å². The highest BCUT2D eigenvalue weighted by Gasteiger charge is 2.54. The number of piperazine rings is 1. The molecule has 2 aliphatic heterocycles. The zero-order valence-electron chi connectivity index (χ0n) is 15.2. The van der Waals surface area contributed by atoms with Crippen molar-refractivity contribution in [3.63, 3.8) is 0 Å². The summed E-state index contributed by atoms with van der Waals surface area (Å²) in [6, 6.07) is 1.84. The van der Waals surface area contributed by atoms with Gasteiger partial charge in [0, 0.05) is 57.1 Å². The number of carbonyl (C=O) groups excluding carboxylic acids is 1. The van der Waals surface area contributed by atoms with Crippen LogP contribution in [0.25, 0.3) is 0 Å². The molecule has 25 heavy (non-hydrogen) atoms. The van der Waals surface area contributed by atoms with Crippen LogP contribution in [0.5, 0.6) is 0 Å². The molecular weight excluding hydrogens is 314 g/mol. The van der Waals surface area contributed by atoms with Crippen molar-refractivity contribution < 1.29 is 4.79 Å². The number of carbonyl (C=O) groups is 1. The molecule has 0 radical (unpaired) electrons. The van der Waals surface area contributed by atoms with Crippen molar-refractivity contribution in [2.24, 2.45) is 11.3 Å². The van der Waals surface area contributed by atoms with Gasteiger partial charge in [0.15, 0.2) is 0 Å². The first-order valence-corrected chi connectivity index (χ1v) is 9.75. The lowest BCUT2D eigenvalue weighted by Gasteiger charge is -2.44. The summed E-state index contributed by atoms with van der Waals surface area (Å²) >= 11 is 0. The Balaban J connectivity index is 1.44. The highest BCUT2D eigenvalue weighted by Crippen LogP contribution is 2.52. The Kier molecular flexibility index (Phi) is 4.63. The van der Waals surface area contributed by atoms with Gasteiger partial charge in [-0.05, 0) is 31.9 Å². The molecular formula is C19H29N5O. The molecule has 1 amide bonds. The van der Waals surface area contributed by atoms with Crippen molar-refractivity contribution in [1.29, 1.82) is 0 Å². The Morgan fingerprint density at radius 2 is 1.92 bits per heavy atom. The van der Waals surface area contributed by atoms with E-state index in [4.69, 9.17) is 0 Å². The van der Waals surface area contributed by atoms with Gasteiger partial charge in [-0.15, -0.1) is 0 Å². The Morgan fingerprint density at radius 3 is 2.52 bits per heavy atom. The van der Waals surface area contributed by atoms with E-state index in [2.05, 4.69) is 31.6 Å². The summed E-state index contributed by atoms with van der Waals surface area (Å²) in [5.41, 5.74) is 0.164. The first-order chi connectivity index (χ1) is 12.2. The molecule has 1 atom stereocenters. The van der Waals surface area contributed by atoms with E-state index < -0.39 is 0 Å². The second kappa shape index (κ2) is 6.90. The fourth-order valence-corrected chi connectivity index (χ4v) is 4.78. The SMILES string of the molecule is CCCN1CCN(C(=O)C2CN(c3ncccn3)CC23CCC3)CC1. The zero-order valence-corrected chi connectivity index (χ0v) is 15.2. The van der Waals surface area contributed by atoms with Crippen molar-refractivity contribution in [2.45, 2.75) is 32.6 Å². The second-order valence-electron chi connectivity index (χ2n) is 7.86. The lowest BCUT2D eigenvalue weighted by atomic mass is 9.62. The minimum absolute atomic E-state index is 0.114. The highest BCUT2D eigenvalue weighted by molar-refractivity contribution is 5.81. The summed E-state index contributed by atoms with van der Waals surface area (Å²) in [5, 5.41) is 0. The van der Waals surface area contributed by atoms with Gasteiger partial charge in [-0.2, -0.15) is 0 Å². The zero-order chi connectivity index (χ0) is 17.3. The molecule has 3 fully saturated rings. The molecule has 6 nitrogen and oxygen atoms in total. The quantitative estimate of drug-likeness (QED) is 0.832. The fraction of sp³-hybridized carbons (Fsp3) is 0.737. The predicted octanol–water partition coefficient (Wildman–Crippen LogP) is 1.64. The fourth-order valence-electron chi connectivity index (χ4n) is 4.78. The Morgan fingerprint density at radius 1 is 1.20 bits per heavy atom. The number of hydrogen-bond acceptors (Lipinski definition) is 5. The van der Waals surface area contributed by atoms with Crippen LogP contribution >= 0.6 is 0 Å². The van der Waals surface area contributed by atoms with Crippen LogP contribution in [0, 0.1) is 11.3 Å². The van der Waals surface area contributed by atoms with Crippen LogP contribution in [-0.4, -0.2) is 71.5 Å². The number of rotatable bonds is 4. The van der Waals surface area contributed by atoms with Crippen LogP contribution in [0.3, 0.4) is 0 Å². The molecule has 0 aromatic carbocycles. The van der Waals surface area contributed by atoms with E-state index in [9.17, 15) is 4.79 Å². The third kappa shape index (κ3) is 3.12. The van der Waals surface area contributed by atoms with E-state index in [0.29, 0.717) is 5.91 Å². The van der Waals surface area contributed by atoms with E-state index in [-0.39, 0.29) is 11.3 Å². The largest absolute Gasteiger partial charge is 0.340 e. The summed E-state index contributed by atoms with van der Waals surface area (Å²) in [7, 11) is 0. The lowest BCUT2D eigenvalue weighted by Crippen LogP contribution is -2.53. The van der Waals surface area contributed by atoms with Gasteiger partial charge in [0.1, 0.15) is 0 Å². The Labute approximate surface area is 150 Å². The predicted molar refractivity (Wildman–Crippen MR) is 97.3 cm³/mol. The molecule has 1 aromatic heterocycles. The molecule has 2 saturated heterocycles. The van der Waals surface area contributed by atoms with Crippen LogP contribution in [0.4, 0.5) is 5.95 Å². The minimum atomic E-state index is 0.114. The smallest absolute Gasteiger partial charge is 0.228 e. The third-order valence-electron chi connectivity index (χ3n) is 6.35. The molecule has 1 unspecified atom stereocenters. The van der Waals surface area contributed by atoms with Gasteiger partial charge >= 0.3 is 0 Å². The number of nitrogens with zero attached hydrogens (tertiary/aromatic N) is 5. The second-order valence-corrected chi connectivity index (χ2v) is 7.86. The van der Waals surface area contributed by atoms with E-state index in [0.717, 1.165) is 51.8 Å². The van der Waals surface area contributed by atoms with Gasteiger partial charge in [0.05, 0.1) is 5.92 Å².